The van der Waals surface area contributed by atoms with Gasteiger partial charge in [0.25, 0.3) is 0 Å². The number of allylic oxidation sites excluding steroid dienone is 1. The first-order chi connectivity index (χ1) is 8.69. The summed E-state index contributed by atoms with van der Waals surface area (Å²) in [6, 6.07) is 7.98. The first kappa shape index (κ1) is 12.7. The zero-order chi connectivity index (χ0) is 13.0. The van der Waals surface area contributed by atoms with Gasteiger partial charge in [-0.05, 0) is 48.6 Å². The van der Waals surface area contributed by atoms with Crippen molar-refractivity contribution in [2.24, 2.45) is 0 Å². The van der Waals surface area contributed by atoms with Crippen LogP contribution in [0.5, 0.6) is 5.75 Å². The Morgan fingerprint density at radius 2 is 2.00 bits per heavy atom. The lowest BCUT2D eigenvalue weighted by Crippen LogP contribution is -2.17. The number of methoxy groups -OCH3 is 1. The van der Waals surface area contributed by atoms with Crippen LogP contribution in [0.25, 0.3) is 5.57 Å². The Bertz CT molecular complexity index is 445. The number of ether oxygens (including phenoxy) is 2. The van der Waals surface area contributed by atoms with Gasteiger partial charge in [0.1, 0.15) is 11.9 Å². The lowest BCUT2D eigenvalue weighted by molar-refractivity contribution is -0.144. The van der Waals surface area contributed by atoms with Crippen LogP contribution in [0.15, 0.2) is 30.3 Å². The summed E-state index contributed by atoms with van der Waals surface area (Å²) < 4.78 is 10.4. The molecule has 3 heteroatoms. The van der Waals surface area contributed by atoms with Crippen molar-refractivity contribution in [3.63, 3.8) is 0 Å². The summed E-state index contributed by atoms with van der Waals surface area (Å²) in [5.41, 5.74) is 2.42. The van der Waals surface area contributed by atoms with Crippen molar-refractivity contribution in [3.8, 4) is 5.75 Å². The third kappa shape index (κ3) is 3.13. The van der Waals surface area contributed by atoms with Crippen LogP contribution in [-0.2, 0) is 9.53 Å². The summed E-state index contributed by atoms with van der Waals surface area (Å²) in [7, 11) is 1.66. The number of rotatable bonds is 3. The molecule has 1 atom stereocenters. The molecule has 3 nitrogen and oxygen atoms in total. The summed E-state index contributed by atoms with van der Waals surface area (Å²) in [5.74, 6) is 0.638. The lowest BCUT2D eigenvalue weighted by atomic mass is 9.92. The number of hydrogen-bond donors (Lipinski definition) is 0. The highest BCUT2D eigenvalue weighted by Gasteiger charge is 2.16. The van der Waals surface area contributed by atoms with E-state index in [4.69, 9.17) is 9.47 Å². The van der Waals surface area contributed by atoms with Gasteiger partial charge >= 0.3 is 5.97 Å². The predicted octanol–water partition coefficient (Wildman–Crippen LogP) is 3.19. The molecule has 0 aliphatic heterocycles. The summed E-state index contributed by atoms with van der Waals surface area (Å²) in [5, 5.41) is 0. The fourth-order valence-corrected chi connectivity index (χ4v) is 2.24. The maximum atomic E-state index is 11.0. The predicted molar refractivity (Wildman–Crippen MR) is 70.4 cm³/mol. The van der Waals surface area contributed by atoms with Crippen molar-refractivity contribution in [2.45, 2.75) is 32.3 Å². The zero-order valence-electron chi connectivity index (χ0n) is 10.8. The maximum Gasteiger partial charge on any atom is 0.303 e. The minimum Gasteiger partial charge on any atom is -0.497 e. The topological polar surface area (TPSA) is 35.5 Å². The molecule has 0 bridgehead atoms. The van der Waals surface area contributed by atoms with Crippen molar-refractivity contribution in [3.05, 3.63) is 35.9 Å². The van der Waals surface area contributed by atoms with Crippen molar-refractivity contribution >= 4 is 11.5 Å². The summed E-state index contributed by atoms with van der Waals surface area (Å²) in [6.07, 6.45) is 4.99. The van der Waals surface area contributed by atoms with Crippen molar-refractivity contribution in [1.29, 1.82) is 0 Å². The van der Waals surface area contributed by atoms with Gasteiger partial charge in [0.05, 0.1) is 7.11 Å². The molecule has 96 valence electrons. The van der Waals surface area contributed by atoms with E-state index in [0.717, 1.165) is 25.0 Å². The van der Waals surface area contributed by atoms with Crippen LogP contribution in [-0.4, -0.2) is 19.2 Å². The SMILES string of the molecule is COc1ccc(C2=CC(OC(C)=O)CCC2)cc1. The smallest absolute Gasteiger partial charge is 0.303 e. The van der Waals surface area contributed by atoms with Crippen LogP contribution in [0.3, 0.4) is 0 Å². The number of hydrogen-bond acceptors (Lipinski definition) is 3. The Kier molecular flexibility index (Phi) is 4.03. The molecule has 1 aromatic carbocycles. The monoisotopic (exact) mass is 246 g/mol. The van der Waals surface area contributed by atoms with Gasteiger partial charge in [0.15, 0.2) is 0 Å². The lowest BCUT2D eigenvalue weighted by Gasteiger charge is -2.21. The van der Waals surface area contributed by atoms with E-state index in [2.05, 4.69) is 6.08 Å². The first-order valence-corrected chi connectivity index (χ1v) is 6.21. The molecule has 0 amide bonds. The first-order valence-electron chi connectivity index (χ1n) is 6.21. The summed E-state index contributed by atoms with van der Waals surface area (Å²) >= 11 is 0. The van der Waals surface area contributed by atoms with Crippen LogP contribution >= 0.6 is 0 Å². The van der Waals surface area contributed by atoms with Crippen LogP contribution in [0.1, 0.15) is 31.7 Å². The van der Waals surface area contributed by atoms with Gasteiger partial charge in [-0.25, -0.2) is 0 Å². The molecule has 0 aromatic heterocycles. The normalized spacial score (nSPS) is 19.0. The summed E-state index contributed by atoms with van der Waals surface area (Å²) in [6.45, 7) is 1.45. The minimum atomic E-state index is -0.216. The molecule has 18 heavy (non-hydrogen) atoms. The molecule has 0 N–H and O–H groups in total. The average Bonchev–Trinajstić information content (AvgIpc) is 2.38. The number of carbonyl (C=O) groups is 1. The van der Waals surface area contributed by atoms with Gasteiger partial charge in [0.2, 0.25) is 0 Å². The van der Waals surface area contributed by atoms with Gasteiger partial charge in [-0.3, -0.25) is 4.79 Å². The third-order valence-electron chi connectivity index (χ3n) is 3.10. The van der Waals surface area contributed by atoms with Gasteiger partial charge in [-0.15, -0.1) is 0 Å². The second kappa shape index (κ2) is 5.71. The highest BCUT2D eigenvalue weighted by molar-refractivity contribution is 5.69. The van der Waals surface area contributed by atoms with Crippen LogP contribution in [0.4, 0.5) is 0 Å². The fourth-order valence-electron chi connectivity index (χ4n) is 2.24. The van der Waals surface area contributed by atoms with Crippen molar-refractivity contribution in [1.82, 2.24) is 0 Å². The molecule has 0 saturated carbocycles. The molecule has 1 aliphatic carbocycles. The highest BCUT2D eigenvalue weighted by Crippen LogP contribution is 2.29. The molecular weight excluding hydrogens is 228 g/mol. The molecule has 1 unspecified atom stereocenters. The van der Waals surface area contributed by atoms with E-state index in [1.807, 2.05) is 24.3 Å². The Labute approximate surface area is 107 Å². The van der Waals surface area contributed by atoms with Crippen molar-refractivity contribution < 1.29 is 14.3 Å². The average molecular weight is 246 g/mol. The minimum absolute atomic E-state index is 0.0756. The molecule has 2 rings (SSSR count). The molecular formula is C15H18O3. The van der Waals surface area contributed by atoms with Crippen molar-refractivity contribution in [2.75, 3.05) is 7.11 Å². The molecule has 0 saturated heterocycles. The third-order valence-corrected chi connectivity index (χ3v) is 3.10. The second-order valence-electron chi connectivity index (χ2n) is 4.46. The van der Waals surface area contributed by atoms with Crippen LogP contribution < -0.4 is 4.74 Å². The Morgan fingerprint density at radius 1 is 1.28 bits per heavy atom. The van der Waals surface area contributed by atoms with Gasteiger partial charge in [-0.2, -0.15) is 0 Å². The number of benzene rings is 1. The van der Waals surface area contributed by atoms with E-state index in [0.29, 0.717) is 0 Å². The highest BCUT2D eigenvalue weighted by atomic mass is 16.5. The maximum absolute atomic E-state index is 11.0. The number of esters is 1. The second-order valence-corrected chi connectivity index (χ2v) is 4.46. The van der Waals surface area contributed by atoms with Gasteiger partial charge < -0.3 is 9.47 Å². The Balaban J connectivity index is 2.15. The molecule has 0 heterocycles. The number of carbonyl (C=O) groups excluding carboxylic acids is 1. The largest absolute Gasteiger partial charge is 0.497 e. The Hall–Kier alpha value is -1.77. The molecule has 1 aliphatic rings. The fraction of sp³-hybridized carbons (Fsp3) is 0.400. The Morgan fingerprint density at radius 3 is 2.61 bits per heavy atom. The van der Waals surface area contributed by atoms with E-state index in [1.54, 1.807) is 7.11 Å². The van der Waals surface area contributed by atoms with E-state index >= 15 is 0 Å². The van der Waals surface area contributed by atoms with Gasteiger partial charge in [0, 0.05) is 6.92 Å². The van der Waals surface area contributed by atoms with E-state index < -0.39 is 0 Å². The molecule has 1 aromatic rings. The zero-order valence-corrected chi connectivity index (χ0v) is 10.8. The quantitative estimate of drug-likeness (QED) is 0.768. The van der Waals surface area contributed by atoms with E-state index in [-0.39, 0.29) is 12.1 Å². The standard InChI is InChI=1S/C15H18O3/c1-11(16)18-15-5-3-4-13(10-15)12-6-8-14(17-2)9-7-12/h6-10,15H,3-5H2,1-2H3. The molecule has 0 fully saturated rings. The van der Waals surface area contributed by atoms with E-state index in [1.165, 1.54) is 18.1 Å². The molecule has 0 spiro atoms. The summed E-state index contributed by atoms with van der Waals surface area (Å²) in [4.78, 5) is 11.0. The molecule has 0 radical (unpaired) electrons. The van der Waals surface area contributed by atoms with Crippen LogP contribution in [0.2, 0.25) is 0 Å². The van der Waals surface area contributed by atoms with Gasteiger partial charge in [-0.1, -0.05) is 12.1 Å². The van der Waals surface area contributed by atoms with E-state index in [9.17, 15) is 4.79 Å². The van der Waals surface area contributed by atoms with Crippen LogP contribution in [0, 0.1) is 0 Å².